The average molecular weight is 183 g/mol. The van der Waals surface area contributed by atoms with E-state index in [9.17, 15) is 4.79 Å². The van der Waals surface area contributed by atoms with Crippen LogP contribution in [0.25, 0.3) is 0 Å². The highest BCUT2D eigenvalue weighted by Crippen LogP contribution is 2.01. The van der Waals surface area contributed by atoms with E-state index in [-0.39, 0.29) is 0 Å². The minimum atomic E-state index is 0.520. The van der Waals surface area contributed by atoms with Crippen molar-refractivity contribution in [2.45, 2.75) is 46.5 Å². The van der Waals surface area contributed by atoms with E-state index in [1.165, 1.54) is 0 Å². The topological polar surface area (TPSA) is 29.4 Å². The van der Waals surface area contributed by atoms with Crippen LogP contribution in [0.4, 0.5) is 0 Å². The van der Waals surface area contributed by atoms with E-state index in [0.717, 1.165) is 37.8 Å². The number of carbonyl (C=O) groups is 1. The Labute approximate surface area is 81.4 Å². The molecule has 0 bridgehead atoms. The van der Waals surface area contributed by atoms with Crippen LogP contribution in [0.2, 0.25) is 0 Å². The molecule has 2 nitrogen and oxygen atoms in total. The van der Waals surface area contributed by atoms with Gasteiger partial charge in [-0.15, -0.1) is 0 Å². The summed E-state index contributed by atoms with van der Waals surface area (Å²) in [5, 5.41) is 0. The third-order valence-corrected chi connectivity index (χ3v) is 1.90. The second-order valence-electron chi connectivity index (χ2n) is 3.75. The fourth-order valence-electron chi connectivity index (χ4n) is 1.11. The molecule has 0 aromatic carbocycles. The highest BCUT2D eigenvalue weighted by atomic mass is 16.1. The smallest absolute Gasteiger partial charge is 0.125 e. The third-order valence-electron chi connectivity index (χ3n) is 1.90. The monoisotopic (exact) mass is 183 g/mol. The van der Waals surface area contributed by atoms with Crippen molar-refractivity contribution in [3.8, 4) is 0 Å². The number of hydrogen-bond donors (Lipinski definition) is 0. The van der Waals surface area contributed by atoms with Gasteiger partial charge in [0.2, 0.25) is 0 Å². The lowest BCUT2D eigenvalue weighted by Gasteiger charge is -2.03. The molecular weight excluding hydrogens is 162 g/mol. The third kappa shape index (κ3) is 7.69. The zero-order valence-electron chi connectivity index (χ0n) is 9.05. The van der Waals surface area contributed by atoms with E-state index in [0.29, 0.717) is 12.3 Å². The standard InChI is InChI=1S/C11H21NO/c1-4-5-11(7-9-13)12-8-6-10(2)3/h9-10H,4-8H2,1-3H3. The maximum atomic E-state index is 10.3. The van der Waals surface area contributed by atoms with E-state index in [4.69, 9.17) is 0 Å². The molecule has 0 rings (SSSR count). The lowest BCUT2D eigenvalue weighted by Crippen LogP contribution is -2.01. The number of aldehydes is 1. The molecule has 76 valence electrons. The molecule has 0 amide bonds. The van der Waals surface area contributed by atoms with Crippen molar-refractivity contribution >= 4 is 12.0 Å². The molecular formula is C11H21NO. The summed E-state index contributed by atoms with van der Waals surface area (Å²) in [4.78, 5) is 14.7. The van der Waals surface area contributed by atoms with E-state index >= 15 is 0 Å². The van der Waals surface area contributed by atoms with Gasteiger partial charge in [-0.1, -0.05) is 27.2 Å². The predicted octanol–water partition coefficient (Wildman–Crippen LogP) is 2.86. The molecule has 0 saturated heterocycles. The minimum Gasteiger partial charge on any atom is -0.303 e. The molecule has 0 heterocycles. The number of rotatable bonds is 7. The molecule has 0 aromatic heterocycles. The summed E-state index contributed by atoms with van der Waals surface area (Å²) in [6.45, 7) is 7.37. The van der Waals surface area contributed by atoms with Gasteiger partial charge in [-0.2, -0.15) is 0 Å². The van der Waals surface area contributed by atoms with Crippen molar-refractivity contribution in [1.29, 1.82) is 0 Å². The Kier molecular flexibility index (Phi) is 7.56. The Morgan fingerprint density at radius 2 is 2.15 bits per heavy atom. The van der Waals surface area contributed by atoms with Crippen molar-refractivity contribution in [2.75, 3.05) is 6.54 Å². The highest BCUT2D eigenvalue weighted by Gasteiger charge is 1.97. The molecule has 0 N–H and O–H groups in total. The Morgan fingerprint density at radius 1 is 1.46 bits per heavy atom. The van der Waals surface area contributed by atoms with Gasteiger partial charge in [0.25, 0.3) is 0 Å². The van der Waals surface area contributed by atoms with Crippen LogP contribution in [0.5, 0.6) is 0 Å². The summed E-state index contributed by atoms with van der Waals surface area (Å²) in [5.74, 6) is 0.697. The van der Waals surface area contributed by atoms with Crippen molar-refractivity contribution < 1.29 is 4.79 Å². The van der Waals surface area contributed by atoms with Gasteiger partial charge in [0, 0.05) is 18.7 Å². The van der Waals surface area contributed by atoms with Gasteiger partial charge in [0.1, 0.15) is 6.29 Å². The zero-order chi connectivity index (χ0) is 10.1. The Morgan fingerprint density at radius 3 is 2.62 bits per heavy atom. The first-order valence-electron chi connectivity index (χ1n) is 5.16. The highest BCUT2D eigenvalue weighted by molar-refractivity contribution is 5.94. The van der Waals surface area contributed by atoms with Gasteiger partial charge in [0.05, 0.1) is 0 Å². The molecule has 0 aliphatic carbocycles. The molecule has 0 unspecified atom stereocenters. The summed E-state index contributed by atoms with van der Waals surface area (Å²) in [6, 6.07) is 0. The molecule has 0 aliphatic rings. The molecule has 0 radical (unpaired) electrons. The first-order chi connectivity index (χ1) is 6.20. The second-order valence-corrected chi connectivity index (χ2v) is 3.75. The molecule has 0 fully saturated rings. The van der Waals surface area contributed by atoms with E-state index in [1.54, 1.807) is 0 Å². The Bertz CT molecular complexity index is 161. The summed E-state index contributed by atoms with van der Waals surface area (Å²) >= 11 is 0. The summed E-state index contributed by atoms with van der Waals surface area (Å²) in [7, 11) is 0. The lowest BCUT2D eigenvalue weighted by molar-refractivity contribution is -0.106. The zero-order valence-corrected chi connectivity index (χ0v) is 9.05. The molecule has 2 heteroatoms. The van der Waals surface area contributed by atoms with Crippen LogP contribution >= 0.6 is 0 Å². The normalized spacial score (nSPS) is 12.2. The number of hydrogen-bond acceptors (Lipinski definition) is 2. The van der Waals surface area contributed by atoms with Crippen LogP contribution in [0.3, 0.4) is 0 Å². The van der Waals surface area contributed by atoms with Crippen LogP contribution in [-0.4, -0.2) is 18.5 Å². The van der Waals surface area contributed by atoms with Crippen LogP contribution in [0.15, 0.2) is 4.99 Å². The summed E-state index contributed by atoms with van der Waals surface area (Å²) in [5.41, 5.74) is 1.07. The van der Waals surface area contributed by atoms with E-state index < -0.39 is 0 Å². The Hall–Kier alpha value is -0.660. The molecule has 0 aliphatic heterocycles. The van der Waals surface area contributed by atoms with Gasteiger partial charge in [-0.3, -0.25) is 4.99 Å². The van der Waals surface area contributed by atoms with Crippen LogP contribution in [-0.2, 0) is 4.79 Å². The van der Waals surface area contributed by atoms with Gasteiger partial charge in [-0.25, -0.2) is 0 Å². The first kappa shape index (κ1) is 12.3. The molecule has 0 saturated carbocycles. The fourth-order valence-corrected chi connectivity index (χ4v) is 1.11. The number of carbonyl (C=O) groups excluding carboxylic acids is 1. The van der Waals surface area contributed by atoms with E-state index in [2.05, 4.69) is 25.8 Å². The maximum absolute atomic E-state index is 10.3. The van der Waals surface area contributed by atoms with Crippen LogP contribution < -0.4 is 0 Å². The van der Waals surface area contributed by atoms with Gasteiger partial charge in [-0.05, 0) is 18.8 Å². The molecule has 0 spiro atoms. The quantitative estimate of drug-likeness (QED) is 0.441. The lowest BCUT2D eigenvalue weighted by atomic mass is 10.1. The fraction of sp³-hybridized carbons (Fsp3) is 0.818. The van der Waals surface area contributed by atoms with Crippen molar-refractivity contribution in [3.05, 3.63) is 0 Å². The molecule has 0 aromatic rings. The second kappa shape index (κ2) is 7.96. The largest absolute Gasteiger partial charge is 0.303 e. The van der Waals surface area contributed by atoms with Crippen molar-refractivity contribution in [3.63, 3.8) is 0 Å². The average Bonchev–Trinajstić information content (AvgIpc) is 2.04. The Balaban J connectivity index is 3.80. The van der Waals surface area contributed by atoms with Gasteiger partial charge >= 0.3 is 0 Å². The minimum absolute atomic E-state index is 0.520. The maximum Gasteiger partial charge on any atom is 0.125 e. The molecule has 0 atom stereocenters. The van der Waals surface area contributed by atoms with Crippen LogP contribution in [0.1, 0.15) is 46.5 Å². The number of nitrogens with zero attached hydrogens (tertiary/aromatic N) is 1. The van der Waals surface area contributed by atoms with Gasteiger partial charge < -0.3 is 4.79 Å². The van der Waals surface area contributed by atoms with Crippen LogP contribution in [0, 0.1) is 5.92 Å². The van der Waals surface area contributed by atoms with E-state index in [1.807, 2.05) is 0 Å². The van der Waals surface area contributed by atoms with Gasteiger partial charge in [0.15, 0.2) is 0 Å². The number of aliphatic imine (C=N–C) groups is 1. The first-order valence-corrected chi connectivity index (χ1v) is 5.16. The SMILES string of the molecule is CCCC(CC=O)=NCCC(C)C. The predicted molar refractivity (Wildman–Crippen MR) is 57.3 cm³/mol. The molecule has 13 heavy (non-hydrogen) atoms. The van der Waals surface area contributed by atoms with Crippen molar-refractivity contribution in [2.24, 2.45) is 10.9 Å². The van der Waals surface area contributed by atoms with Crippen molar-refractivity contribution in [1.82, 2.24) is 0 Å². The summed E-state index contributed by atoms with van der Waals surface area (Å²) in [6.07, 6.45) is 4.63. The summed E-state index contributed by atoms with van der Waals surface area (Å²) < 4.78 is 0.